The van der Waals surface area contributed by atoms with E-state index in [9.17, 15) is 4.79 Å². The molecule has 3 rings (SSSR count). The molecule has 0 unspecified atom stereocenters. The maximum atomic E-state index is 12.1. The Hall–Kier alpha value is -2.06. The summed E-state index contributed by atoms with van der Waals surface area (Å²) in [7, 11) is 1.66. The summed E-state index contributed by atoms with van der Waals surface area (Å²) in [6.45, 7) is 6.91. The number of amides is 1. The normalized spacial score (nSPS) is 20.0. The van der Waals surface area contributed by atoms with Crippen LogP contribution >= 0.6 is 15.9 Å². The molecule has 0 saturated carbocycles. The van der Waals surface area contributed by atoms with Crippen LogP contribution in [0.2, 0.25) is 0 Å². The smallest absolute Gasteiger partial charge is 0.408 e. The fourth-order valence-corrected chi connectivity index (χ4v) is 3.41. The fourth-order valence-electron chi connectivity index (χ4n) is 3.10. The Kier molecular flexibility index (Phi) is 5.76. The zero-order valence-corrected chi connectivity index (χ0v) is 17.6. The first kappa shape index (κ1) is 19.7. The molecule has 1 fully saturated rings. The number of rotatable bonds is 4. The van der Waals surface area contributed by atoms with Gasteiger partial charge in [-0.2, -0.15) is 0 Å². The average Bonchev–Trinajstić information content (AvgIpc) is 3.19. The number of nitrogens with one attached hydrogen (secondary N) is 1. The molecule has 1 aromatic heterocycles. The first-order valence-electron chi connectivity index (χ1n) is 8.82. The third-order valence-corrected chi connectivity index (χ3v) is 4.74. The molecule has 0 aliphatic carbocycles. The number of hydrogen-bond donors (Lipinski definition) is 1. The molecule has 7 nitrogen and oxygen atoms in total. The Labute approximate surface area is 167 Å². The lowest BCUT2D eigenvalue weighted by molar-refractivity contribution is 0.0417. The number of anilines is 1. The lowest BCUT2D eigenvalue weighted by Crippen LogP contribution is -2.45. The number of aromatic nitrogens is 2. The highest BCUT2D eigenvalue weighted by Crippen LogP contribution is 2.24. The Bertz CT molecular complexity index is 785. The maximum Gasteiger partial charge on any atom is 0.408 e. The molecule has 1 aliphatic heterocycles. The molecule has 0 bridgehead atoms. The summed E-state index contributed by atoms with van der Waals surface area (Å²) in [6.07, 6.45) is 3.16. The number of carbonyl (C=O) groups excluding carboxylic acids is 1. The van der Waals surface area contributed by atoms with E-state index >= 15 is 0 Å². The molecule has 0 radical (unpaired) electrons. The van der Waals surface area contributed by atoms with Gasteiger partial charge in [0.15, 0.2) is 0 Å². The summed E-state index contributed by atoms with van der Waals surface area (Å²) < 4.78 is 13.7. The predicted octanol–water partition coefficient (Wildman–Crippen LogP) is 3.36. The van der Waals surface area contributed by atoms with Gasteiger partial charge in [0.1, 0.15) is 16.5 Å². The largest absolute Gasteiger partial charge is 0.444 e. The van der Waals surface area contributed by atoms with Crippen molar-refractivity contribution in [3.8, 4) is 5.69 Å². The molecule has 1 N–H and O–H groups in total. The highest BCUT2D eigenvalue weighted by Gasteiger charge is 2.35. The van der Waals surface area contributed by atoms with Crippen LogP contribution in [0.25, 0.3) is 5.69 Å². The van der Waals surface area contributed by atoms with Gasteiger partial charge in [0.05, 0.1) is 12.1 Å². The van der Waals surface area contributed by atoms with E-state index in [1.165, 1.54) is 0 Å². The van der Waals surface area contributed by atoms with E-state index in [2.05, 4.69) is 43.3 Å². The number of alkyl carbamates (subject to hydrolysis) is 1. The summed E-state index contributed by atoms with van der Waals surface area (Å²) >= 11 is 3.36. The topological polar surface area (TPSA) is 68.6 Å². The Balaban J connectivity index is 1.66. The quantitative estimate of drug-likeness (QED) is 0.795. The van der Waals surface area contributed by atoms with E-state index in [4.69, 9.17) is 9.47 Å². The number of hydrogen-bond acceptors (Lipinski definition) is 5. The first-order valence-corrected chi connectivity index (χ1v) is 9.61. The molecule has 0 spiro atoms. The number of carbonyl (C=O) groups is 1. The minimum atomic E-state index is -0.525. The second-order valence-electron chi connectivity index (χ2n) is 7.55. The van der Waals surface area contributed by atoms with E-state index in [1.54, 1.807) is 13.4 Å². The standard InChI is InChI=1S/C19H25BrN4O3/c1-19(2,3)27-18(25)22-15-9-23(10-16(15)26-4)13-5-7-14(8-6-13)24-11-17(20)21-12-24/h5-8,11-12,15-16H,9-10H2,1-4H3,(H,22,25)/t15-,16+/m0/s1. The zero-order chi connectivity index (χ0) is 19.6. The van der Waals surface area contributed by atoms with Gasteiger partial charge >= 0.3 is 6.09 Å². The van der Waals surface area contributed by atoms with Crippen molar-refractivity contribution in [3.05, 3.63) is 41.4 Å². The summed E-state index contributed by atoms with van der Waals surface area (Å²) in [5.41, 5.74) is 1.58. The summed E-state index contributed by atoms with van der Waals surface area (Å²) in [5.74, 6) is 0. The van der Waals surface area contributed by atoms with Crippen LogP contribution in [-0.4, -0.2) is 53.6 Å². The third kappa shape index (κ3) is 5.01. The molecular formula is C19H25BrN4O3. The van der Waals surface area contributed by atoms with Crippen LogP contribution in [0, 0.1) is 0 Å². The van der Waals surface area contributed by atoms with Crippen LogP contribution in [0.5, 0.6) is 0 Å². The van der Waals surface area contributed by atoms with Gasteiger partial charge in [-0.25, -0.2) is 9.78 Å². The lowest BCUT2D eigenvalue weighted by Gasteiger charge is -2.23. The van der Waals surface area contributed by atoms with Crippen molar-refractivity contribution < 1.29 is 14.3 Å². The second-order valence-corrected chi connectivity index (χ2v) is 8.36. The molecule has 2 atom stereocenters. The number of ether oxygens (including phenoxy) is 2. The zero-order valence-electron chi connectivity index (χ0n) is 16.0. The second kappa shape index (κ2) is 7.90. The molecule has 1 amide bonds. The van der Waals surface area contributed by atoms with Crippen molar-refractivity contribution in [1.29, 1.82) is 0 Å². The monoisotopic (exact) mass is 436 g/mol. The SMILES string of the molecule is CO[C@@H]1CN(c2ccc(-n3cnc(Br)c3)cc2)C[C@@H]1NC(=O)OC(C)(C)C. The Morgan fingerprint density at radius 1 is 1.22 bits per heavy atom. The minimum Gasteiger partial charge on any atom is -0.444 e. The molecule has 2 aromatic rings. The van der Waals surface area contributed by atoms with Crippen LogP contribution in [0.3, 0.4) is 0 Å². The average molecular weight is 437 g/mol. The van der Waals surface area contributed by atoms with E-state index < -0.39 is 11.7 Å². The lowest BCUT2D eigenvalue weighted by atomic mass is 10.2. The molecule has 1 aromatic carbocycles. The maximum absolute atomic E-state index is 12.1. The third-order valence-electron chi connectivity index (χ3n) is 4.34. The molecule has 2 heterocycles. The Morgan fingerprint density at radius 3 is 2.44 bits per heavy atom. The van der Waals surface area contributed by atoms with Crippen LogP contribution in [0.1, 0.15) is 20.8 Å². The molecule has 8 heteroatoms. The van der Waals surface area contributed by atoms with Crippen LogP contribution < -0.4 is 10.2 Å². The van der Waals surface area contributed by atoms with E-state index in [0.717, 1.165) is 16.0 Å². The van der Waals surface area contributed by atoms with Gasteiger partial charge in [0.2, 0.25) is 0 Å². The van der Waals surface area contributed by atoms with Crippen molar-refractivity contribution >= 4 is 27.7 Å². The first-order chi connectivity index (χ1) is 12.7. The predicted molar refractivity (Wildman–Crippen MR) is 107 cm³/mol. The summed E-state index contributed by atoms with van der Waals surface area (Å²) in [6, 6.07) is 8.08. The van der Waals surface area contributed by atoms with Gasteiger partial charge in [0.25, 0.3) is 0 Å². The molecule has 146 valence electrons. The summed E-state index contributed by atoms with van der Waals surface area (Å²) in [5, 5.41) is 2.93. The van der Waals surface area contributed by atoms with Gasteiger partial charge < -0.3 is 24.3 Å². The number of imidazole rings is 1. The molecular weight excluding hydrogens is 412 g/mol. The van der Waals surface area contributed by atoms with Crippen molar-refractivity contribution in [2.24, 2.45) is 0 Å². The van der Waals surface area contributed by atoms with Gasteiger partial charge in [-0.05, 0) is 61.0 Å². The summed E-state index contributed by atoms with van der Waals surface area (Å²) in [4.78, 5) is 18.5. The number of halogens is 1. The van der Waals surface area contributed by atoms with Gasteiger partial charge in [-0.3, -0.25) is 0 Å². The van der Waals surface area contributed by atoms with E-state index in [-0.39, 0.29) is 12.1 Å². The van der Waals surface area contributed by atoms with Crippen LogP contribution in [-0.2, 0) is 9.47 Å². The minimum absolute atomic E-state index is 0.0956. The van der Waals surface area contributed by atoms with E-state index in [1.807, 2.05) is 43.7 Å². The number of methoxy groups -OCH3 is 1. The van der Waals surface area contributed by atoms with Gasteiger partial charge in [-0.15, -0.1) is 0 Å². The number of benzene rings is 1. The highest BCUT2D eigenvalue weighted by atomic mass is 79.9. The highest BCUT2D eigenvalue weighted by molar-refractivity contribution is 9.10. The van der Waals surface area contributed by atoms with Crippen molar-refractivity contribution in [3.63, 3.8) is 0 Å². The van der Waals surface area contributed by atoms with Crippen molar-refractivity contribution in [2.45, 2.75) is 38.5 Å². The van der Waals surface area contributed by atoms with Gasteiger partial charge in [0, 0.05) is 37.8 Å². The molecule has 1 saturated heterocycles. The van der Waals surface area contributed by atoms with Crippen molar-refractivity contribution in [2.75, 3.05) is 25.1 Å². The van der Waals surface area contributed by atoms with E-state index in [0.29, 0.717) is 13.1 Å². The van der Waals surface area contributed by atoms with Crippen LogP contribution in [0.15, 0.2) is 41.4 Å². The fraction of sp³-hybridized carbons (Fsp3) is 0.474. The van der Waals surface area contributed by atoms with Gasteiger partial charge in [-0.1, -0.05) is 0 Å². The van der Waals surface area contributed by atoms with Crippen molar-refractivity contribution in [1.82, 2.24) is 14.9 Å². The van der Waals surface area contributed by atoms with Crippen LogP contribution in [0.4, 0.5) is 10.5 Å². The molecule has 1 aliphatic rings. The Morgan fingerprint density at radius 2 is 1.89 bits per heavy atom. The molecule has 27 heavy (non-hydrogen) atoms. The number of nitrogens with zero attached hydrogens (tertiary/aromatic N) is 3.